The summed E-state index contributed by atoms with van der Waals surface area (Å²) in [6.07, 6.45) is 2.32. The van der Waals surface area contributed by atoms with E-state index in [-0.39, 0.29) is 42.3 Å². The van der Waals surface area contributed by atoms with Crippen LogP contribution in [-0.2, 0) is 14.4 Å². The molecular formula is C12H17NO4. The van der Waals surface area contributed by atoms with Gasteiger partial charge in [-0.05, 0) is 25.2 Å². The fourth-order valence-electron chi connectivity index (χ4n) is 2.78. The second-order valence-electron chi connectivity index (χ2n) is 5.01. The average Bonchev–Trinajstić information content (AvgIpc) is 2.62. The molecule has 2 rings (SSSR count). The van der Waals surface area contributed by atoms with Gasteiger partial charge in [0.25, 0.3) is 0 Å². The van der Waals surface area contributed by atoms with Gasteiger partial charge in [-0.15, -0.1) is 0 Å². The molecule has 0 aromatic rings. The third-order valence-electron chi connectivity index (χ3n) is 3.62. The summed E-state index contributed by atoms with van der Waals surface area (Å²) in [5.41, 5.74) is 0. The lowest BCUT2D eigenvalue weighted by atomic mass is 9.86. The number of aliphatic hydroxyl groups excluding tert-OH is 1. The van der Waals surface area contributed by atoms with Crippen molar-refractivity contribution in [2.45, 2.75) is 44.6 Å². The summed E-state index contributed by atoms with van der Waals surface area (Å²) in [7, 11) is 0. The van der Waals surface area contributed by atoms with E-state index in [2.05, 4.69) is 5.32 Å². The summed E-state index contributed by atoms with van der Waals surface area (Å²) in [6, 6.07) is 0. The smallest absolute Gasteiger partial charge is 0.226 e. The van der Waals surface area contributed by atoms with Crippen LogP contribution in [0.25, 0.3) is 0 Å². The average molecular weight is 239 g/mol. The number of carbonyl (C=O) groups excluding carboxylic acids is 3. The molecule has 0 aromatic heterocycles. The number of hydrogen-bond donors (Lipinski definition) is 2. The van der Waals surface area contributed by atoms with Crippen molar-refractivity contribution in [3.63, 3.8) is 0 Å². The van der Waals surface area contributed by atoms with Crippen molar-refractivity contribution in [3.8, 4) is 0 Å². The molecule has 1 aliphatic heterocycles. The molecule has 0 spiro atoms. The molecule has 2 aliphatic rings. The third-order valence-corrected chi connectivity index (χ3v) is 3.62. The van der Waals surface area contributed by atoms with Gasteiger partial charge in [0.1, 0.15) is 5.78 Å². The maximum absolute atomic E-state index is 11.5. The summed E-state index contributed by atoms with van der Waals surface area (Å²) in [5, 5.41) is 12.2. The minimum absolute atomic E-state index is 0.115. The molecule has 0 radical (unpaired) electrons. The number of imide groups is 1. The largest absolute Gasteiger partial charge is 0.392 e. The monoisotopic (exact) mass is 239 g/mol. The molecule has 17 heavy (non-hydrogen) atoms. The van der Waals surface area contributed by atoms with Gasteiger partial charge in [0.15, 0.2) is 0 Å². The van der Waals surface area contributed by atoms with Crippen LogP contribution in [-0.4, -0.2) is 28.8 Å². The molecule has 1 aliphatic carbocycles. The van der Waals surface area contributed by atoms with Crippen molar-refractivity contribution in [2.24, 2.45) is 11.8 Å². The molecule has 5 nitrogen and oxygen atoms in total. The first-order valence-corrected chi connectivity index (χ1v) is 6.09. The zero-order valence-electron chi connectivity index (χ0n) is 9.65. The molecule has 2 N–H and O–H groups in total. The predicted octanol–water partition coefficient (Wildman–Crippen LogP) is 0.159. The molecule has 2 fully saturated rings. The standard InChI is InChI=1S/C12H17NO4/c14-9-3-1-2-8(9)10(15)4-7-5-11(16)13-12(17)6-7/h7-8,10,15H,1-6H2,(H,13,16,17). The maximum atomic E-state index is 11.5. The van der Waals surface area contributed by atoms with Gasteiger partial charge in [-0.2, -0.15) is 0 Å². The zero-order valence-corrected chi connectivity index (χ0v) is 9.65. The Hall–Kier alpha value is -1.23. The van der Waals surface area contributed by atoms with Crippen LogP contribution < -0.4 is 5.32 Å². The van der Waals surface area contributed by atoms with Crippen LogP contribution in [0, 0.1) is 11.8 Å². The fourth-order valence-corrected chi connectivity index (χ4v) is 2.78. The Balaban J connectivity index is 1.89. The van der Waals surface area contributed by atoms with E-state index in [1.165, 1.54) is 0 Å². The lowest BCUT2D eigenvalue weighted by Gasteiger charge is -2.25. The number of aliphatic hydroxyl groups is 1. The van der Waals surface area contributed by atoms with E-state index in [0.29, 0.717) is 12.8 Å². The summed E-state index contributed by atoms with van der Waals surface area (Å²) in [5.74, 6) is -0.855. The summed E-state index contributed by atoms with van der Waals surface area (Å²) < 4.78 is 0. The highest BCUT2D eigenvalue weighted by Gasteiger charge is 2.34. The van der Waals surface area contributed by atoms with Gasteiger partial charge < -0.3 is 5.11 Å². The summed E-state index contributed by atoms with van der Waals surface area (Å²) >= 11 is 0. The van der Waals surface area contributed by atoms with Crippen LogP contribution in [0.1, 0.15) is 38.5 Å². The Labute approximate surface area is 99.6 Å². The normalized spacial score (nSPS) is 28.3. The van der Waals surface area contributed by atoms with Crippen LogP contribution in [0.2, 0.25) is 0 Å². The van der Waals surface area contributed by atoms with Gasteiger partial charge in [0, 0.05) is 25.2 Å². The number of piperidine rings is 1. The van der Waals surface area contributed by atoms with Crippen LogP contribution in [0.4, 0.5) is 0 Å². The summed E-state index contributed by atoms with van der Waals surface area (Å²) in [4.78, 5) is 33.8. The van der Waals surface area contributed by atoms with Crippen molar-refractivity contribution < 1.29 is 19.5 Å². The van der Waals surface area contributed by atoms with Crippen molar-refractivity contribution in [1.82, 2.24) is 5.32 Å². The van der Waals surface area contributed by atoms with Gasteiger partial charge in [0.2, 0.25) is 11.8 Å². The molecule has 0 aromatic carbocycles. The molecule has 1 saturated carbocycles. The molecule has 5 heteroatoms. The van der Waals surface area contributed by atoms with Crippen LogP contribution in [0.5, 0.6) is 0 Å². The van der Waals surface area contributed by atoms with Crippen molar-refractivity contribution >= 4 is 17.6 Å². The van der Waals surface area contributed by atoms with Gasteiger partial charge in [-0.3, -0.25) is 19.7 Å². The molecular weight excluding hydrogens is 222 g/mol. The molecule has 1 saturated heterocycles. The van der Waals surface area contributed by atoms with Crippen molar-refractivity contribution in [3.05, 3.63) is 0 Å². The van der Waals surface area contributed by atoms with E-state index in [9.17, 15) is 19.5 Å². The number of carbonyl (C=O) groups is 3. The molecule has 0 bridgehead atoms. The van der Waals surface area contributed by atoms with E-state index >= 15 is 0 Å². The van der Waals surface area contributed by atoms with Gasteiger partial charge in [-0.1, -0.05) is 0 Å². The number of hydrogen-bond acceptors (Lipinski definition) is 4. The zero-order chi connectivity index (χ0) is 12.4. The maximum Gasteiger partial charge on any atom is 0.226 e. The first-order chi connectivity index (χ1) is 8.06. The van der Waals surface area contributed by atoms with Crippen molar-refractivity contribution in [1.29, 1.82) is 0 Å². The highest BCUT2D eigenvalue weighted by atomic mass is 16.3. The number of nitrogens with one attached hydrogen (secondary N) is 1. The van der Waals surface area contributed by atoms with Crippen LogP contribution >= 0.6 is 0 Å². The van der Waals surface area contributed by atoms with Gasteiger partial charge >= 0.3 is 0 Å². The van der Waals surface area contributed by atoms with Crippen LogP contribution in [0.3, 0.4) is 0 Å². The second kappa shape index (κ2) is 4.96. The second-order valence-corrected chi connectivity index (χ2v) is 5.01. The van der Waals surface area contributed by atoms with E-state index in [1.54, 1.807) is 0 Å². The van der Waals surface area contributed by atoms with E-state index in [4.69, 9.17) is 0 Å². The summed E-state index contributed by atoms with van der Waals surface area (Å²) in [6.45, 7) is 0. The third kappa shape index (κ3) is 2.91. The highest BCUT2D eigenvalue weighted by molar-refractivity contribution is 5.97. The molecule has 1 heterocycles. The first kappa shape index (κ1) is 12.2. The number of ketones is 1. The SMILES string of the molecule is O=C1CC(CC(O)C2CCCC2=O)CC(=O)N1. The first-order valence-electron chi connectivity index (χ1n) is 6.09. The predicted molar refractivity (Wildman–Crippen MR) is 58.8 cm³/mol. The van der Waals surface area contributed by atoms with Crippen molar-refractivity contribution in [2.75, 3.05) is 0 Å². The Morgan fingerprint density at radius 2 is 1.88 bits per heavy atom. The number of amides is 2. The van der Waals surface area contributed by atoms with Crippen LogP contribution in [0.15, 0.2) is 0 Å². The number of Topliss-reactive ketones (excluding diaryl/α,β-unsaturated/α-hetero) is 1. The Bertz CT molecular complexity index is 336. The fraction of sp³-hybridized carbons (Fsp3) is 0.750. The molecule has 2 unspecified atom stereocenters. The minimum Gasteiger partial charge on any atom is -0.392 e. The molecule has 2 amide bonds. The number of rotatable bonds is 3. The Morgan fingerprint density at radius 3 is 2.41 bits per heavy atom. The van der Waals surface area contributed by atoms with E-state index in [0.717, 1.165) is 12.8 Å². The lowest BCUT2D eigenvalue weighted by molar-refractivity contribution is -0.135. The Kier molecular flexibility index (Phi) is 3.57. The molecule has 94 valence electrons. The van der Waals surface area contributed by atoms with Gasteiger partial charge in [0.05, 0.1) is 6.10 Å². The molecule has 2 atom stereocenters. The highest BCUT2D eigenvalue weighted by Crippen LogP contribution is 2.29. The quantitative estimate of drug-likeness (QED) is 0.687. The topological polar surface area (TPSA) is 83.5 Å². The Morgan fingerprint density at radius 1 is 1.24 bits per heavy atom. The van der Waals surface area contributed by atoms with Gasteiger partial charge in [-0.25, -0.2) is 0 Å². The van der Waals surface area contributed by atoms with E-state index < -0.39 is 6.10 Å². The minimum atomic E-state index is -0.700. The van der Waals surface area contributed by atoms with E-state index in [1.807, 2.05) is 0 Å². The lowest BCUT2D eigenvalue weighted by Crippen LogP contribution is -2.40.